The molecule has 2 aromatic rings. The third-order valence-electron chi connectivity index (χ3n) is 7.24. The molecule has 3 aliphatic rings. The van der Waals surface area contributed by atoms with Gasteiger partial charge in [0.25, 0.3) is 0 Å². The lowest BCUT2D eigenvalue weighted by atomic mass is 9.65. The fourth-order valence-corrected chi connectivity index (χ4v) is 5.80. The first-order valence-corrected chi connectivity index (χ1v) is 9.83. The van der Waals surface area contributed by atoms with E-state index in [0.29, 0.717) is 12.1 Å². The van der Waals surface area contributed by atoms with Crippen molar-refractivity contribution in [2.45, 2.75) is 20.3 Å². The van der Waals surface area contributed by atoms with E-state index in [1.165, 1.54) is 11.0 Å². The minimum atomic E-state index is -1.07. The number of aromatic hydroxyl groups is 1. The van der Waals surface area contributed by atoms with Crippen molar-refractivity contribution in [2.75, 3.05) is 4.90 Å². The number of rotatable bonds is 3. The predicted octanol–water partition coefficient (Wildman–Crippen LogP) is 3.74. The zero-order valence-electron chi connectivity index (χ0n) is 16.3. The van der Waals surface area contributed by atoms with Gasteiger partial charge in [-0.15, -0.1) is 0 Å². The summed E-state index contributed by atoms with van der Waals surface area (Å²) >= 11 is 0. The molecule has 2 fully saturated rings. The van der Waals surface area contributed by atoms with Gasteiger partial charge < -0.3 is 5.11 Å². The number of para-hydroxylation sites is 2. The maximum Gasteiger partial charge on any atom is 0.239 e. The first kappa shape index (κ1) is 17.9. The summed E-state index contributed by atoms with van der Waals surface area (Å²) in [6, 6.07) is 15.3. The fraction of sp³-hybridized carbons (Fsp3) is 0.292. The van der Waals surface area contributed by atoms with E-state index in [-0.39, 0.29) is 34.8 Å². The van der Waals surface area contributed by atoms with Crippen molar-refractivity contribution in [3.8, 4) is 5.75 Å². The second-order valence-corrected chi connectivity index (χ2v) is 8.29. The number of allylic oxidation sites excluding steroid dienone is 2. The number of nitrogens with zero attached hydrogens (tertiary/aromatic N) is 1. The lowest BCUT2D eigenvalue weighted by molar-refractivity contribution is -0.123. The zero-order valence-corrected chi connectivity index (χ0v) is 16.3. The Bertz CT molecular complexity index is 1100. The molecule has 146 valence electrons. The van der Waals surface area contributed by atoms with Crippen LogP contribution in [0.4, 0.5) is 5.69 Å². The number of benzene rings is 2. The van der Waals surface area contributed by atoms with Gasteiger partial charge in [-0.2, -0.15) is 0 Å². The van der Waals surface area contributed by atoms with Crippen LogP contribution in [-0.2, 0) is 9.59 Å². The van der Waals surface area contributed by atoms with Crippen molar-refractivity contribution in [1.82, 2.24) is 0 Å². The summed E-state index contributed by atoms with van der Waals surface area (Å²) in [5.74, 6) is -2.28. The van der Waals surface area contributed by atoms with Gasteiger partial charge in [0.2, 0.25) is 11.8 Å². The van der Waals surface area contributed by atoms with Gasteiger partial charge in [-0.25, -0.2) is 4.90 Å². The number of phenolic OH excluding ortho intramolecular Hbond substituents is 1. The highest BCUT2D eigenvalue weighted by atomic mass is 16.3. The van der Waals surface area contributed by atoms with Gasteiger partial charge in [0.1, 0.15) is 5.75 Å². The normalized spacial score (nSPS) is 30.3. The van der Waals surface area contributed by atoms with Crippen molar-refractivity contribution in [2.24, 2.45) is 23.2 Å². The number of fused-ring (bicyclic) bond motifs is 5. The molecule has 1 heterocycles. The lowest BCUT2D eigenvalue weighted by Gasteiger charge is -2.34. The molecule has 0 aromatic heterocycles. The van der Waals surface area contributed by atoms with Crippen LogP contribution in [0.1, 0.15) is 30.6 Å². The number of hydrogen-bond acceptors (Lipinski definition) is 4. The van der Waals surface area contributed by atoms with Gasteiger partial charge in [0.15, 0.2) is 5.78 Å². The van der Waals surface area contributed by atoms with Crippen LogP contribution < -0.4 is 4.90 Å². The third-order valence-corrected chi connectivity index (χ3v) is 7.24. The smallest absolute Gasteiger partial charge is 0.239 e. The fourth-order valence-electron chi connectivity index (χ4n) is 5.80. The van der Waals surface area contributed by atoms with Crippen LogP contribution in [0.2, 0.25) is 0 Å². The van der Waals surface area contributed by atoms with Gasteiger partial charge in [0, 0.05) is 0 Å². The van der Waals surface area contributed by atoms with E-state index in [0.717, 1.165) is 11.1 Å². The molecule has 1 saturated heterocycles. The van der Waals surface area contributed by atoms with Crippen LogP contribution in [0, 0.1) is 23.2 Å². The molecule has 2 amide bonds. The molecule has 2 aliphatic carbocycles. The molecule has 2 bridgehead atoms. The molecule has 1 aliphatic heterocycles. The number of amides is 2. The van der Waals surface area contributed by atoms with Gasteiger partial charge in [0.05, 0.1) is 28.5 Å². The number of imide groups is 1. The molecule has 1 N–H and O–H groups in total. The second kappa shape index (κ2) is 5.89. The van der Waals surface area contributed by atoms with E-state index in [4.69, 9.17) is 0 Å². The van der Waals surface area contributed by atoms with Crippen LogP contribution in [-0.4, -0.2) is 22.7 Å². The minimum absolute atomic E-state index is 0.0964. The summed E-state index contributed by atoms with van der Waals surface area (Å²) < 4.78 is 0. The topological polar surface area (TPSA) is 74.7 Å². The van der Waals surface area contributed by atoms with E-state index >= 15 is 0 Å². The Morgan fingerprint density at radius 1 is 1.00 bits per heavy atom. The van der Waals surface area contributed by atoms with Crippen molar-refractivity contribution in [3.05, 3.63) is 71.3 Å². The molecule has 0 radical (unpaired) electrons. The Balaban J connectivity index is 1.67. The number of hydrogen-bond donors (Lipinski definition) is 1. The summed E-state index contributed by atoms with van der Waals surface area (Å²) in [6.07, 6.45) is 0.452. The Hall–Kier alpha value is -3.21. The molecule has 4 atom stereocenters. The van der Waals surface area contributed by atoms with Crippen LogP contribution in [0.25, 0.3) is 0 Å². The Kier molecular flexibility index (Phi) is 3.63. The quantitative estimate of drug-likeness (QED) is 0.495. The number of phenols is 1. The van der Waals surface area contributed by atoms with Crippen LogP contribution in [0.5, 0.6) is 5.75 Å². The standard InChI is InChI=1S/C24H21NO4/c1-13-14(2)24(21(27)16-10-6-7-11-18(16)26)12-17(13)19-20(24)23(29)25(22(19)28)15-8-4-3-5-9-15/h3-11,17,19-20,26H,12H2,1-2H3. The van der Waals surface area contributed by atoms with Crippen molar-refractivity contribution >= 4 is 23.3 Å². The number of ketones is 1. The van der Waals surface area contributed by atoms with E-state index in [9.17, 15) is 19.5 Å². The first-order chi connectivity index (χ1) is 13.9. The summed E-state index contributed by atoms with van der Waals surface area (Å²) in [5.41, 5.74) is 1.56. The molecule has 5 heteroatoms. The van der Waals surface area contributed by atoms with Crippen LogP contribution in [0.3, 0.4) is 0 Å². The van der Waals surface area contributed by atoms with Crippen molar-refractivity contribution in [1.29, 1.82) is 0 Å². The number of carbonyl (C=O) groups is 3. The van der Waals surface area contributed by atoms with Crippen LogP contribution >= 0.6 is 0 Å². The highest BCUT2D eigenvalue weighted by Crippen LogP contribution is 2.67. The van der Waals surface area contributed by atoms with E-state index in [1.807, 2.05) is 19.9 Å². The molecule has 5 nitrogen and oxygen atoms in total. The van der Waals surface area contributed by atoms with E-state index in [1.54, 1.807) is 42.5 Å². The van der Waals surface area contributed by atoms with Gasteiger partial charge in [-0.1, -0.05) is 41.5 Å². The van der Waals surface area contributed by atoms with Crippen molar-refractivity contribution < 1.29 is 19.5 Å². The lowest BCUT2D eigenvalue weighted by Crippen LogP contribution is -2.42. The SMILES string of the molecule is CC1=C(C)C2(C(=O)c3ccccc3O)CC1C1C(=O)N(c3ccccc3)C(=O)C12. The summed E-state index contributed by atoms with van der Waals surface area (Å²) in [4.78, 5) is 41.9. The maximum atomic E-state index is 13.8. The summed E-state index contributed by atoms with van der Waals surface area (Å²) in [5, 5.41) is 10.3. The Labute approximate surface area is 168 Å². The Morgan fingerprint density at radius 2 is 1.66 bits per heavy atom. The average molecular weight is 387 g/mol. The molecule has 1 saturated carbocycles. The van der Waals surface area contributed by atoms with E-state index < -0.39 is 17.3 Å². The molecule has 5 rings (SSSR count). The zero-order chi connectivity index (χ0) is 20.5. The van der Waals surface area contributed by atoms with Gasteiger partial charge >= 0.3 is 0 Å². The third kappa shape index (κ3) is 2.07. The second-order valence-electron chi connectivity index (χ2n) is 8.29. The molecule has 0 spiro atoms. The monoisotopic (exact) mass is 387 g/mol. The highest BCUT2D eigenvalue weighted by Gasteiger charge is 2.72. The summed E-state index contributed by atoms with van der Waals surface area (Å²) in [7, 11) is 0. The summed E-state index contributed by atoms with van der Waals surface area (Å²) in [6.45, 7) is 3.85. The highest BCUT2D eigenvalue weighted by molar-refractivity contribution is 6.25. The Morgan fingerprint density at radius 3 is 2.34 bits per heavy atom. The van der Waals surface area contributed by atoms with E-state index in [2.05, 4.69) is 0 Å². The molecular formula is C24H21NO4. The average Bonchev–Trinajstić information content (AvgIpc) is 3.30. The number of Topliss-reactive ketones (excluding diaryl/α,β-unsaturated/α-hetero) is 1. The number of carbonyl (C=O) groups excluding carboxylic acids is 3. The molecule has 29 heavy (non-hydrogen) atoms. The van der Waals surface area contributed by atoms with Crippen LogP contribution in [0.15, 0.2) is 65.7 Å². The molecule has 2 aromatic carbocycles. The van der Waals surface area contributed by atoms with Gasteiger partial charge in [-0.3, -0.25) is 14.4 Å². The number of anilines is 1. The molecule has 4 unspecified atom stereocenters. The molecular weight excluding hydrogens is 366 g/mol. The predicted molar refractivity (Wildman–Crippen MR) is 107 cm³/mol. The minimum Gasteiger partial charge on any atom is -0.507 e. The maximum absolute atomic E-state index is 13.8. The first-order valence-electron chi connectivity index (χ1n) is 9.83. The van der Waals surface area contributed by atoms with Gasteiger partial charge in [-0.05, 0) is 50.5 Å². The largest absolute Gasteiger partial charge is 0.507 e. The van der Waals surface area contributed by atoms with Crippen molar-refractivity contribution in [3.63, 3.8) is 0 Å².